The zero-order chi connectivity index (χ0) is 15.3. The smallest absolute Gasteiger partial charge is 0.475 e. The van der Waals surface area contributed by atoms with Gasteiger partial charge < -0.3 is 16.6 Å². The van der Waals surface area contributed by atoms with Crippen LogP contribution in [0.15, 0.2) is 0 Å². The molecule has 0 atom stereocenters. The van der Waals surface area contributed by atoms with E-state index in [-0.39, 0.29) is 0 Å². The van der Waals surface area contributed by atoms with Crippen LogP contribution < -0.4 is 11.5 Å². The molecule has 1 saturated carbocycles. The minimum atomic E-state index is -5.08. The molecule has 9 heteroatoms. The molecular weight excluding hydrogens is 269 g/mol. The number of primary amides is 2. The Bertz CT molecular complexity index is 346. The summed E-state index contributed by atoms with van der Waals surface area (Å²) in [6, 6.07) is 0. The lowest BCUT2D eigenvalue weighted by Crippen LogP contribution is -2.48. The topological polar surface area (TPSA) is 123 Å². The van der Waals surface area contributed by atoms with E-state index in [1.807, 2.05) is 0 Å². The Morgan fingerprint density at radius 3 is 1.42 bits per heavy atom. The average Bonchev–Trinajstić information content (AvgIpc) is 2.29. The summed E-state index contributed by atoms with van der Waals surface area (Å²) in [5.74, 6) is -3.88. The second-order valence-corrected chi connectivity index (χ2v) is 4.17. The number of aliphatic carboxylic acids is 1. The first-order chi connectivity index (χ1) is 8.54. The van der Waals surface area contributed by atoms with Crippen molar-refractivity contribution in [3.8, 4) is 0 Å². The van der Waals surface area contributed by atoms with Crippen LogP contribution in [0.1, 0.15) is 32.1 Å². The third-order valence-electron chi connectivity index (χ3n) is 2.89. The standard InChI is InChI=1S/C8H14N2O2.C2HF3O2/c9-6(11)8(7(10)12)4-2-1-3-5-8;3-2(4,5)1(6)7/h1-5H2,(H2,9,11)(H2,10,12);(H,6,7). The normalized spacial score (nSPS) is 17.8. The highest BCUT2D eigenvalue weighted by atomic mass is 19.4. The Morgan fingerprint density at radius 2 is 1.26 bits per heavy atom. The van der Waals surface area contributed by atoms with Crippen molar-refractivity contribution < 1.29 is 32.7 Å². The maximum atomic E-state index is 11.0. The number of rotatable bonds is 2. The summed E-state index contributed by atoms with van der Waals surface area (Å²) in [7, 11) is 0. The van der Waals surface area contributed by atoms with E-state index in [9.17, 15) is 22.8 Å². The van der Waals surface area contributed by atoms with E-state index >= 15 is 0 Å². The molecule has 1 aliphatic rings. The molecule has 1 fully saturated rings. The van der Waals surface area contributed by atoms with Gasteiger partial charge in [-0.2, -0.15) is 13.2 Å². The highest BCUT2D eigenvalue weighted by Crippen LogP contribution is 2.35. The van der Waals surface area contributed by atoms with Gasteiger partial charge in [0, 0.05) is 0 Å². The molecule has 0 bridgehead atoms. The summed E-state index contributed by atoms with van der Waals surface area (Å²) in [6.45, 7) is 0. The number of alkyl halides is 3. The Hall–Kier alpha value is -1.80. The molecule has 0 saturated heterocycles. The molecule has 0 heterocycles. The number of hydrogen-bond donors (Lipinski definition) is 3. The van der Waals surface area contributed by atoms with E-state index in [0.717, 1.165) is 19.3 Å². The van der Waals surface area contributed by atoms with Crippen LogP contribution in [0.5, 0.6) is 0 Å². The van der Waals surface area contributed by atoms with Crippen molar-refractivity contribution >= 4 is 17.8 Å². The Labute approximate surface area is 106 Å². The van der Waals surface area contributed by atoms with Gasteiger partial charge in [0.1, 0.15) is 5.41 Å². The Kier molecular flexibility index (Phi) is 5.79. The second-order valence-electron chi connectivity index (χ2n) is 4.17. The summed E-state index contributed by atoms with van der Waals surface area (Å²) < 4.78 is 31.7. The molecule has 0 radical (unpaired) electrons. The average molecular weight is 284 g/mol. The van der Waals surface area contributed by atoms with Gasteiger partial charge in [-0.25, -0.2) is 4.79 Å². The maximum absolute atomic E-state index is 11.0. The predicted octanol–water partition coefficient (Wildman–Crippen LogP) is 0.541. The summed E-state index contributed by atoms with van der Waals surface area (Å²) >= 11 is 0. The van der Waals surface area contributed by atoms with Crippen LogP contribution in [0.4, 0.5) is 13.2 Å². The number of carboxylic acids is 1. The minimum absolute atomic E-state index is 0.525. The van der Waals surface area contributed by atoms with E-state index in [0.29, 0.717) is 12.8 Å². The van der Waals surface area contributed by atoms with E-state index in [1.165, 1.54) is 0 Å². The van der Waals surface area contributed by atoms with Gasteiger partial charge in [-0.05, 0) is 12.8 Å². The molecular formula is C10H15F3N2O4. The van der Waals surface area contributed by atoms with Crippen molar-refractivity contribution in [3.63, 3.8) is 0 Å². The van der Waals surface area contributed by atoms with Crippen molar-refractivity contribution in [1.82, 2.24) is 0 Å². The zero-order valence-electron chi connectivity index (χ0n) is 10.00. The van der Waals surface area contributed by atoms with Crippen molar-refractivity contribution in [1.29, 1.82) is 0 Å². The van der Waals surface area contributed by atoms with Crippen molar-refractivity contribution in [2.75, 3.05) is 0 Å². The number of carboxylic acid groups (broad SMARTS) is 1. The van der Waals surface area contributed by atoms with Crippen LogP contribution >= 0.6 is 0 Å². The summed E-state index contributed by atoms with van der Waals surface area (Å²) in [6.07, 6.45) is -1.24. The largest absolute Gasteiger partial charge is 0.490 e. The van der Waals surface area contributed by atoms with Crippen LogP contribution in [-0.4, -0.2) is 29.1 Å². The molecule has 1 aliphatic carbocycles. The number of carbonyl (C=O) groups excluding carboxylic acids is 2. The quantitative estimate of drug-likeness (QED) is 0.640. The zero-order valence-corrected chi connectivity index (χ0v) is 10.00. The first-order valence-electron chi connectivity index (χ1n) is 5.44. The monoisotopic (exact) mass is 284 g/mol. The molecule has 0 unspecified atom stereocenters. The third-order valence-corrected chi connectivity index (χ3v) is 2.89. The summed E-state index contributed by atoms with van der Waals surface area (Å²) in [5.41, 5.74) is 9.28. The van der Waals surface area contributed by atoms with E-state index in [4.69, 9.17) is 21.4 Å². The van der Waals surface area contributed by atoms with Crippen molar-refractivity contribution in [2.24, 2.45) is 16.9 Å². The predicted molar refractivity (Wildman–Crippen MR) is 57.6 cm³/mol. The molecule has 0 aromatic carbocycles. The first-order valence-corrected chi connectivity index (χ1v) is 5.44. The van der Waals surface area contributed by atoms with Crippen LogP contribution in [0, 0.1) is 5.41 Å². The highest BCUT2D eigenvalue weighted by Gasteiger charge is 2.43. The Morgan fingerprint density at radius 1 is 0.947 bits per heavy atom. The molecule has 1 rings (SSSR count). The van der Waals surface area contributed by atoms with E-state index < -0.39 is 29.4 Å². The lowest BCUT2D eigenvalue weighted by atomic mass is 9.73. The number of amides is 2. The van der Waals surface area contributed by atoms with Crippen LogP contribution in [-0.2, 0) is 14.4 Å². The van der Waals surface area contributed by atoms with Gasteiger partial charge in [0.05, 0.1) is 0 Å². The molecule has 0 spiro atoms. The number of nitrogens with two attached hydrogens (primary N) is 2. The fourth-order valence-corrected chi connectivity index (χ4v) is 1.77. The van der Waals surface area contributed by atoms with E-state index in [1.54, 1.807) is 0 Å². The Balaban J connectivity index is 0.000000399. The maximum Gasteiger partial charge on any atom is 0.490 e. The van der Waals surface area contributed by atoms with Crippen molar-refractivity contribution in [3.05, 3.63) is 0 Å². The van der Waals surface area contributed by atoms with Gasteiger partial charge in [-0.1, -0.05) is 19.3 Å². The lowest BCUT2D eigenvalue weighted by Gasteiger charge is -2.30. The molecule has 110 valence electrons. The van der Waals surface area contributed by atoms with Gasteiger partial charge in [0.2, 0.25) is 11.8 Å². The first kappa shape index (κ1) is 17.2. The minimum Gasteiger partial charge on any atom is -0.475 e. The molecule has 2 amide bonds. The number of halogens is 3. The molecule has 0 aliphatic heterocycles. The second kappa shape index (κ2) is 6.39. The summed E-state index contributed by atoms with van der Waals surface area (Å²) in [4.78, 5) is 31.0. The lowest BCUT2D eigenvalue weighted by molar-refractivity contribution is -0.192. The van der Waals surface area contributed by atoms with Crippen LogP contribution in [0.3, 0.4) is 0 Å². The fourth-order valence-electron chi connectivity index (χ4n) is 1.77. The molecule has 19 heavy (non-hydrogen) atoms. The molecule has 5 N–H and O–H groups in total. The van der Waals surface area contributed by atoms with Crippen molar-refractivity contribution in [2.45, 2.75) is 38.3 Å². The van der Waals surface area contributed by atoms with Gasteiger partial charge in [0.25, 0.3) is 0 Å². The van der Waals surface area contributed by atoms with Gasteiger partial charge in [-0.15, -0.1) is 0 Å². The summed E-state index contributed by atoms with van der Waals surface area (Å²) in [5, 5.41) is 7.12. The van der Waals surface area contributed by atoms with Gasteiger partial charge in [0.15, 0.2) is 0 Å². The van der Waals surface area contributed by atoms with Gasteiger partial charge >= 0.3 is 12.1 Å². The van der Waals surface area contributed by atoms with Crippen LogP contribution in [0.25, 0.3) is 0 Å². The highest BCUT2D eigenvalue weighted by molar-refractivity contribution is 6.03. The number of carbonyl (C=O) groups is 3. The molecule has 0 aromatic heterocycles. The van der Waals surface area contributed by atoms with Crippen LogP contribution in [0.2, 0.25) is 0 Å². The molecule has 6 nitrogen and oxygen atoms in total. The van der Waals surface area contributed by atoms with E-state index in [2.05, 4.69) is 0 Å². The number of hydrogen-bond acceptors (Lipinski definition) is 3. The molecule has 0 aromatic rings. The van der Waals surface area contributed by atoms with Gasteiger partial charge in [-0.3, -0.25) is 9.59 Å². The third kappa shape index (κ3) is 4.76. The SMILES string of the molecule is NC(=O)C1(C(N)=O)CCCCC1.O=C(O)C(F)(F)F. The fraction of sp³-hybridized carbons (Fsp3) is 0.700.